The highest BCUT2D eigenvalue weighted by Gasteiger charge is 2.51. The molecule has 1 aliphatic rings. The van der Waals surface area contributed by atoms with Gasteiger partial charge < -0.3 is 29.1 Å². The van der Waals surface area contributed by atoms with Crippen LogP contribution in [0, 0.1) is 11.8 Å². The molecule has 10 nitrogen and oxygen atoms in total. The minimum atomic E-state index is -4.41. The van der Waals surface area contributed by atoms with Gasteiger partial charge in [0, 0.05) is 25.3 Å². The Balaban J connectivity index is 2.34. The number of aromatic amines is 1. The normalized spacial score (nSPS) is 28.8. The van der Waals surface area contributed by atoms with Crippen LogP contribution in [0.5, 0.6) is 0 Å². The smallest absolute Gasteiger partial charge is 0.359 e. The number of aromatic nitrogens is 2. The molecule has 4 unspecified atom stereocenters. The zero-order chi connectivity index (χ0) is 24.3. The lowest BCUT2D eigenvalue weighted by Crippen LogP contribution is -2.40. The Kier molecular flexibility index (Phi) is 8.46. The van der Waals surface area contributed by atoms with Crippen LogP contribution in [-0.2, 0) is 18.6 Å². The molecular formula is C21H33N2O8P. The molecule has 11 heteroatoms. The predicted molar refractivity (Wildman–Crippen MR) is 117 cm³/mol. The van der Waals surface area contributed by atoms with Gasteiger partial charge in [-0.3, -0.25) is 9.55 Å². The second-order valence-corrected chi connectivity index (χ2v) is 10.6. The summed E-state index contributed by atoms with van der Waals surface area (Å²) in [5.74, 6) is 5.51. The average molecular weight is 472 g/mol. The molecule has 1 aliphatic heterocycles. The largest absolute Gasteiger partial charge is 0.388 e. The Hall–Kier alpha value is -1.57. The molecule has 0 amide bonds. The van der Waals surface area contributed by atoms with Crippen molar-refractivity contribution in [3.63, 3.8) is 0 Å². The van der Waals surface area contributed by atoms with E-state index in [1.54, 1.807) is 27.7 Å². The first-order valence-corrected chi connectivity index (χ1v) is 12.1. The van der Waals surface area contributed by atoms with Gasteiger partial charge in [-0.15, -0.1) is 0 Å². The number of nitrogens with one attached hydrogen (secondary N) is 1. The number of H-pyrrole nitrogens is 1. The Labute approximate surface area is 187 Å². The van der Waals surface area contributed by atoms with E-state index < -0.39 is 48.6 Å². The summed E-state index contributed by atoms with van der Waals surface area (Å²) in [6.07, 6.45) is -1.78. The number of ether oxygens (including phenoxy) is 2. The van der Waals surface area contributed by atoms with Gasteiger partial charge >= 0.3 is 13.3 Å². The molecule has 2 heterocycles. The van der Waals surface area contributed by atoms with E-state index in [4.69, 9.17) is 14.0 Å². The zero-order valence-electron chi connectivity index (χ0n) is 19.3. The minimum Gasteiger partial charge on any atom is -0.388 e. The molecule has 1 aromatic heterocycles. The summed E-state index contributed by atoms with van der Waals surface area (Å²) >= 11 is 0. The Morgan fingerprint density at radius 3 is 2.53 bits per heavy atom. The van der Waals surface area contributed by atoms with Crippen LogP contribution in [0.2, 0.25) is 0 Å². The van der Waals surface area contributed by atoms with E-state index in [0.29, 0.717) is 17.7 Å². The number of nitrogens with zero attached hydrogens (tertiary/aromatic N) is 1. The maximum Gasteiger partial charge on any atom is 0.359 e. The van der Waals surface area contributed by atoms with Gasteiger partial charge in [-0.2, -0.15) is 0 Å². The van der Waals surface area contributed by atoms with Gasteiger partial charge in [-0.05, 0) is 39.5 Å². The van der Waals surface area contributed by atoms with E-state index in [-0.39, 0.29) is 12.8 Å². The Morgan fingerprint density at radius 2 is 2.00 bits per heavy atom. The summed E-state index contributed by atoms with van der Waals surface area (Å²) in [5, 5.41) is 19.3. The minimum absolute atomic E-state index is 0.0252. The molecule has 180 valence electrons. The average Bonchev–Trinajstić information content (AvgIpc) is 3.02. The Morgan fingerprint density at radius 1 is 1.34 bits per heavy atom. The second kappa shape index (κ2) is 10.1. The summed E-state index contributed by atoms with van der Waals surface area (Å²) in [6, 6.07) is 0. The molecule has 0 saturated carbocycles. The van der Waals surface area contributed by atoms with E-state index in [0.717, 1.165) is 0 Å². The summed E-state index contributed by atoms with van der Waals surface area (Å²) in [6.45, 7) is 7.85. The molecule has 0 aromatic carbocycles. The summed E-state index contributed by atoms with van der Waals surface area (Å²) in [5.41, 5.74) is -0.990. The summed E-state index contributed by atoms with van der Waals surface area (Å²) in [4.78, 5) is 28.3. The zero-order valence-corrected chi connectivity index (χ0v) is 20.2. The van der Waals surface area contributed by atoms with Crippen molar-refractivity contribution in [1.29, 1.82) is 0 Å². The van der Waals surface area contributed by atoms with Crippen LogP contribution in [0.1, 0.15) is 71.2 Å². The maximum absolute atomic E-state index is 12.7. The quantitative estimate of drug-likeness (QED) is 0.312. The third-order valence-corrected chi connectivity index (χ3v) is 8.23. The van der Waals surface area contributed by atoms with Gasteiger partial charge in [0.15, 0.2) is 5.34 Å². The highest BCUT2D eigenvalue weighted by Crippen LogP contribution is 2.59. The van der Waals surface area contributed by atoms with Crippen LogP contribution in [0.15, 0.2) is 11.0 Å². The molecule has 0 radical (unpaired) electrons. The lowest BCUT2D eigenvalue weighted by Gasteiger charge is -2.37. The number of hydrogen-bond acceptors (Lipinski definition) is 8. The molecule has 32 heavy (non-hydrogen) atoms. The van der Waals surface area contributed by atoms with Gasteiger partial charge in [0.2, 0.25) is 0 Å². The van der Waals surface area contributed by atoms with Crippen LogP contribution < -0.4 is 5.69 Å². The third-order valence-electron chi connectivity index (χ3n) is 6.01. The topological polar surface area (TPSA) is 151 Å². The SMILES string of the molecule is CC#Cc1[nH]c(=O)ncc1[C@@H]1O[C@H](CC(C)(CC)OP(=O)(O)C(C)(O)CC)C(O)[C@@H]1OC. The fourth-order valence-electron chi connectivity index (χ4n) is 3.54. The number of hydrogen-bond donors (Lipinski definition) is 4. The van der Waals surface area contributed by atoms with Crippen LogP contribution in [0.4, 0.5) is 0 Å². The molecule has 4 N–H and O–H groups in total. The molecule has 0 aliphatic carbocycles. The number of rotatable bonds is 9. The van der Waals surface area contributed by atoms with E-state index in [9.17, 15) is 24.5 Å². The van der Waals surface area contributed by atoms with Crippen molar-refractivity contribution in [1.82, 2.24) is 9.97 Å². The third kappa shape index (κ3) is 5.49. The van der Waals surface area contributed by atoms with Crippen molar-refractivity contribution in [2.75, 3.05) is 7.11 Å². The fraction of sp³-hybridized carbons (Fsp3) is 0.714. The van der Waals surface area contributed by atoms with Crippen LogP contribution in [0.3, 0.4) is 0 Å². The van der Waals surface area contributed by atoms with Crippen LogP contribution in [0.25, 0.3) is 0 Å². The molecule has 1 saturated heterocycles. The highest BCUT2D eigenvalue weighted by atomic mass is 31.2. The first-order valence-electron chi connectivity index (χ1n) is 10.5. The standard InChI is InChI=1S/C21H33N2O8P/c1-7-10-14-13(12-22-19(25)23-14)17-18(29-6)16(24)15(30-17)11-20(4,8-2)31-32(27,28)21(5,26)9-3/h12,15-18,24,26H,8-9,11H2,1-6H3,(H,27,28)(H,22,23,25)/t15-,16?,17+,18+,20?,21?/m1/s1. The van der Waals surface area contributed by atoms with Crippen molar-refractivity contribution in [3.8, 4) is 11.8 Å². The molecule has 1 fully saturated rings. The van der Waals surface area contributed by atoms with E-state index in [2.05, 4.69) is 21.8 Å². The van der Waals surface area contributed by atoms with Gasteiger partial charge in [0.1, 0.15) is 24.0 Å². The molecule has 2 rings (SSSR count). The lowest BCUT2D eigenvalue weighted by atomic mass is 9.92. The van der Waals surface area contributed by atoms with E-state index >= 15 is 0 Å². The maximum atomic E-state index is 12.7. The van der Waals surface area contributed by atoms with Crippen molar-refractivity contribution in [2.45, 2.75) is 89.2 Å². The van der Waals surface area contributed by atoms with Crippen LogP contribution in [-0.4, -0.2) is 61.4 Å². The molecule has 0 spiro atoms. The van der Waals surface area contributed by atoms with Crippen molar-refractivity contribution in [2.24, 2.45) is 0 Å². The molecule has 7 atom stereocenters. The monoisotopic (exact) mass is 472 g/mol. The number of methoxy groups -OCH3 is 1. The Bertz CT molecular complexity index is 969. The predicted octanol–water partition coefficient (Wildman–Crippen LogP) is 1.84. The van der Waals surface area contributed by atoms with Gasteiger partial charge in [0.05, 0.1) is 11.7 Å². The highest BCUT2D eigenvalue weighted by molar-refractivity contribution is 7.54. The summed E-state index contributed by atoms with van der Waals surface area (Å²) in [7, 11) is -2.99. The van der Waals surface area contributed by atoms with E-state index in [1.807, 2.05) is 0 Å². The van der Waals surface area contributed by atoms with Crippen LogP contribution >= 0.6 is 7.60 Å². The molecule has 0 bridgehead atoms. The van der Waals surface area contributed by atoms with Gasteiger partial charge in [0.25, 0.3) is 0 Å². The number of aliphatic hydroxyl groups is 2. The lowest BCUT2D eigenvalue weighted by molar-refractivity contribution is -0.0532. The fourth-order valence-corrected chi connectivity index (χ4v) is 4.93. The molecular weight excluding hydrogens is 439 g/mol. The van der Waals surface area contributed by atoms with Crippen molar-refractivity contribution < 1.29 is 33.7 Å². The first kappa shape index (κ1) is 26.7. The van der Waals surface area contributed by atoms with E-state index in [1.165, 1.54) is 20.2 Å². The van der Waals surface area contributed by atoms with Gasteiger partial charge in [-0.25, -0.2) is 9.78 Å². The number of aliphatic hydroxyl groups excluding tert-OH is 1. The van der Waals surface area contributed by atoms with Gasteiger partial charge in [-0.1, -0.05) is 19.8 Å². The molecule has 1 aromatic rings. The summed E-state index contributed by atoms with van der Waals surface area (Å²) < 4.78 is 29.9. The first-order chi connectivity index (χ1) is 14.8. The van der Waals surface area contributed by atoms with Crippen molar-refractivity contribution in [3.05, 3.63) is 27.9 Å². The van der Waals surface area contributed by atoms with Crippen molar-refractivity contribution >= 4 is 7.60 Å². The second-order valence-electron chi connectivity index (χ2n) is 8.37.